The van der Waals surface area contributed by atoms with Crippen LogP contribution in [0.3, 0.4) is 0 Å². The van der Waals surface area contributed by atoms with Gasteiger partial charge in [0.15, 0.2) is 0 Å². The Morgan fingerprint density at radius 3 is 3.00 bits per heavy atom. The van der Waals surface area contributed by atoms with E-state index in [1.165, 1.54) is 0 Å². The number of hydrogen-bond acceptors (Lipinski definition) is 3. The van der Waals surface area contributed by atoms with E-state index in [0.717, 1.165) is 5.56 Å². The van der Waals surface area contributed by atoms with Crippen LogP contribution in [0.15, 0.2) is 18.2 Å². The first-order chi connectivity index (χ1) is 6.18. The van der Waals surface area contributed by atoms with Gasteiger partial charge in [0.2, 0.25) is 0 Å². The van der Waals surface area contributed by atoms with E-state index in [-0.39, 0.29) is 11.3 Å². The van der Waals surface area contributed by atoms with E-state index in [1.807, 2.05) is 19.1 Å². The Hall–Kier alpha value is -0.800. The Morgan fingerprint density at radius 2 is 2.23 bits per heavy atom. The maximum Gasteiger partial charge on any atom is 0.358 e. The van der Waals surface area contributed by atoms with Crippen molar-refractivity contribution in [3.8, 4) is 5.75 Å². The van der Waals surface area contributed by atoms with Gasteiger partial charge >= 0.3 is 5.24 Å². The number of halogens is 1. The molecular weight excluding hydrogens is 208 g/mol. The molecule has 0 radical (unpaired) electrons. The van der Waals surface area contributed by atoms with Gasteiger partial charge in [0.1, 0.15) is 11.9 Å². The van der Waals surface area contributed by atoms with Crippen molar-refractivity contribution < 1.29 is 9.47 Å². The lowest BCUT2D eigenvalue weighted by Crippen LogP contribution is -2.20. The Kier molecular flexibility index (Phi) is 2.14. The molecule has 1 unspecified atom stereocenters. The third-order valence-electron chi connectivity index (χ3n) is 1.89. The number of benzene rings is 1. The van der Waals surface area contributed by atoms with Gasteiger partial charge in [0.25, 0.3) is 0 Å². The highest BCUT2D eigenvalue weighted by Gasteiger charge is 2.24. The van der Waals surface area contributed by atoms with Crippen molar-refractivity contribution >= 4 is 29.1 Å². The summed E-state index contributed by atoms with van der Waals surface area (Å²) < 4.78 is 10.4. The van der Waals surface area contributed by atoms with Gasteiger partial charge in [-0.1, -0.05) is 17.7 Å². The van der Waals surface area contributed by atoms with Crippen molar-refractivity contribution in [2.75, 3.05) is 0 Å². The molecule has 0 N–H and O–H groups in total. The molecule has 68 valence electrons. The van der Waals surface area contributed by atoms with Crippen LogP contribution in [-0.2, 0) is 4.74 Å². The van der Waals surface area contributed by atoms with Crippen LogP contribution in [0.4, 0.5) is 0 Å². The fourth-order valence-corrected chi connectivity index (χ4v) is 1.87. The summed E-state index contributed by atoms with van der Waals surface area (Å²) in [5, 5.41) is 0.801. The van der Waals surface area contributed by atoms with Crippen LogP contribution < -0.4 is 4.74 Å². The summed E-state index contributed by atoms with van der Waals surface area (Å²) in [6.45, 7) is 1.89. The molecular formula is C9H7ClO2S. The summed E-state index contributed by atoms with van der Waals surface area (Å²) in [6, 6.07) is 5.45. The number of thiocarbonyl (C=S) groups is 1. The van der Waals surface area contributed by atoms with E-state index in [4.69, 9.17) is 33.3 Å². The Labute approximate surface area is 86.4 Å². The monoisotopic (exact) mass is 214 g/mol. The average Bonchev–Trinajstić information content (AvgIpc) is 2.02. The summed E-state index contributed by atoms with van der Waals surface area (Å²) in [7, 11) is 0. The van der Waals surface area contributed by atoms with E-state index >= 15 is 0 Å². The Bertz CT molecular complexity index is 365. The molecule has 0 saturated heterocycles. The lowest BCUT2D eigenvalue weighted by atomic mass is 10.1. The topological polar surface area (TPSA) is 18.5 Å². The highest BCUT2D eigenvalue weighted by Crippen LogP contribution is 2.37. The van der Waals surface area contributed by atoms with Gasteiger partial charge in [-0.25, -0.2) is 0 Å². The van der Waals surface area contributed by atoms with Crippen molar-refractivity contribution in [2.24, 2.45) is 0 Å². The number of fused-ring (bicyclic) bond motifs is 1. The lowest BCUT2D eigenvalue weighted by Gasteiger charge is -2.24. The molecule has 1 atom stereocenters. The first-order valence-electron chi connectivity index (χ1n) is 3.85. The molecule has 0 aliphatic carbocycles. The summed E-state index contributed by atoms with van der Waals surface area (Å²) in [6.07, 6.45) is -0.134. The van der Waals surface area contributed by atoms with Gasteiger partial charge < -0.3 is 9.47 Å². The van der Waals surface area contributed by atoms with Crippen LogP contribution >= 0.6 is 23.8 Å². The summed E-state index contributed by atoms with van der Waals surface area (Å²) in [5.41, 5.74) is 0.859. The first-order valence-corrected chi connectivity index (χ1v) is 4.64. The SMILES string of the molecule is CC1OC(=S)Oc2cccc(Cl)c21. The third-order valence-corrected chi connectivity index (χ3v) is 2.39. The highest BCUT2D eigenvalue weighted by atomic mass is 35.5. The average molecular weight is 215 g/mol. The van der Waals surface area contributed by atoms with Gasteiger partial charge in [0.05, 0.1) is 10.6 Å². The smallest absolute Gasteiger partial charge is 0.358 e. The zero-order valence-corrected chi connectivity index (χ0v) is 8.48. The third kappa shape index (κ3) is 1.49. The van der Waals surface area contributed by atoms with Gasteiger partial charge in [0, 0.05) is 12.2 Å². The maximum atomic E-state index is 5.98. The van der Waals surface area contributed by atoms with E-state index < -0.39 is 0 Å². The molecule has 0 fully saturated rings. The van der Waals surface area contributed by atoms with Crippen LogP contribution in [0.25, 0.3) is 0 Å². The van der Waals surface area contributed by atoms with E-state index in [0.29, 0.717) is 10.8 Å². The second-order valence-corrected chi connectivity index (χ2v) is 3.50. The second-order valence-electron chi connectivity index (χ2n) is 2.76. The van der Waals surface area contributed by atoms with Crippen LogP contribution in [0.1, 0.15) is 18.6 Å². The van der Waals surface area contributed by atoms with Gasteiger partial charge in [-0.15, -0.1) is 0 Å². The van der Waals surface area contributed by atoms with Gasteiger partial charge in [-0.2, -0.15) is 0 Å². The normalized spacial score (nSPS) is 20.2. The molecule has 4 heteroatoms. The molecule has 2 nitrogen and oxygen atoms in total. The minimum atomic E-state index is -0.134. The van der Waals surface area contributed by atoms with Gasteiger partial charge in [-0.3, -0.25) is 0 Å². The molecule has 0 amide bonds. The highest BCUT2D eigenvalue weighted by molar-refractivity contribution is 7.79. The molecule has 1 aromatic rings. The predicted octanol–water partition coefficient (Wildman–Crippen LogP) is 3.09. The van der Waals surface area contributed by atoms with Crippen molar-refractivity contribution in [1.82, 2.24) is 0 Å². The van der Waals surface area contributed by atoms with Crippen molar-refractivity contribution in [1.29, 1.82) is 0 Å². The van der Waals surface area contributed by atoms with E-state index in [1.54, 1.807) is 6.07 Å². The second kappa shape index (κ2) is 3.16. The zero-order valence-electron chi connectivity index (χ0n) is 6.91. The first kappa shape index (κ1) is 8.78. The molecule has 1 heterocycles. The largest absolute Gasteiger partial charge is 0.448 e. The lowest BCUT2D eigenvalue weighted by molar-refractivity contribution is 0.150. The van der Waals surface area contributed by atoms with Crippen molar-refractivity contribution in [3.05, 3.63) is 28.8 Å². The fraction of sp³-hybridized carbons (Fsp3) is 0.222. The summed E-state index contributed by atoms with van der Waals surface area (Å²) >= 11 is 10.8. The molecule has 0 saturated carbocycles. The molecule has 0 aromatic heterocycles. The van der Waals surface area contributed by atoms with Crippen molar-refractivity contribution in [2.45, 2.75) is 13.0 Å². The van der Waals surface area contributed by atoms with Crippen LogP contribution in [0.2, 0.25) is 5.02 Å². The molecule has 0 spiro atoms. The Morgan fingerprint density at radius 1 is 1.46 bits per heavy atom. The van der Waals surface area contributed by atoms with Crippen molar-refractivity contribution in [3.63, 3.8) is 0 Å². The van der Waals surface area contributed by atoms with Crippen LogP contribution in [0, 0.1) is 0 Å². The fourth-order valence-electron chi connectivity index (χ4n) is 1.32. The molecule has 2 rings (SSSR count). The standard InChI is InChI=1S/C9H7ClO2S/c1-5-8-6(10)3-2-4-7(8)12-9(13)11-5/h2-5H,1H3. The minimum Gasteiger partial charge on any atom is -0.448 e. The number of ether oxygens (including phenoxy) is 2. The quantitative estimate of drug-likeness (QED) is 0.619. The number of hydrogen-bond donors (Lipinski definition) is 0. The molecule has 13 heavy (non-hydrogen) atoms. The summed E-state index contributed by atoms with van der Waals surface area (Å²) in [4.78, 5) is 0. The van der Waals surface area contributed by atoms with E-state index in [9.17, 15) is 0 Å². The minimum absolute atomic E-state index is 0.134. The van der Waals surface area contributed by atoms with E-state index in [2.05, 4.69) is 0 Å². The predicted molar refractivity (Wildman–Crippen MR) is 54.2 cm³/mol. The Balaban J connectivity index is 2.55. The van der Waals surface area contributed by atoms with Crippen LogP contribution in [-0.4, -0.2) is 5.24 Å². The molecule has 1 aromatic carbocycles. The van der Waals surface area contributed by atoms with Gasteiger partial charge in [-0.05, 0) is 19.1 Å². The zero-order chi connectivity index (χ0) is 9.42. The molecule has 1 aliphatic heterocycles. The van der Waals surface area contributed by atoms with Crippen LogP contribution in [0.5, 0.6) is 5.75 Å². The molecule has 1 aliphatic rings. The maximum absolute atomic E-state index is 5.98. The number of rotatable bonds is 0. The summed E-state index contributed by atoms with van der Waals surface area (Å²) in [5.74, 6) is 0.691. The molecule has 0 bridgehead atoms.